The lowest BCUT2D eigenvalue weighted by Gasteiger charge is -2.36. The molecule has 2 amide bonds. The van der Waals surface area contributed by atoms with Crippen molar-refractivity contribution in [3.05, 3.63) is 65.2 Å². The molecule has 6 heteroatoms. The highest BCUT2D eigenvalue weighted by Gasteiger charge is 2.30. The van der Waals surface area contributed by atoms with Crippen LogP contribution in [0.15, 0.2) is 53.4 Å². The first kappa shape index (κ1) is 15.6. The van der Waals surface area contributed by atoms with Gasteiger partial charge in [-0.1, -0.05) is 36.4 Å². The Kier molecular flexibility index (Phi) is 3.85. The van der Waals surface area contributed by atoms with Crippen LogP contribution in [0.4, 0.5) is 4.79 Å². The van der Waals surface area contributed by atoms with Gasteiger partial charge in [-0.3, -0.25) is 0 Å². The number of nitrogens with two attached hydrogens (primary N) is 1. The van der Waals surface area contributed by atoms with Crippen LogP contribution in [-0.2, 0) is 16.3 Å². The third kappa shape index (κ3) is 2.94. The lowest BCUT2D eigenvalue weighted by molar-refractivity contribution is 0.190. The molecule has 0 fully saturated rings. The van der Waals surface area contributed by atoms with Crippen LogP contribution in [0, 0.1) is 0 Å². The maximum absolute atomic E-state index is 11.8. The summed E-state index contributed by atoms with van der Waals surface area (Å²) in [7, 11) is -3.25. The van der Waals surface area contributed by atoms with Gasteiger partial charge in [-0.05, 0) is 35.2 Å². The summed E-state index contributed by atoms with van der Waals surface area (Å²) in [5, 5.41) is 0. The molecule has 0 radical (unpaired) electrons. The normalized spacial score (nSPS) is 17.6. The van der Waals surface area contributed by atoms with E-state index in [1.54, 1.807) is 29.2 Å². The zero-order valence-electron chi connectivity index (χ0n) is 12.8. The van der Waals surface area contributed by atoms with Crippen LogP contribution in [0.25, 0.3) is 0 Å². The largest absolute Gasteiger partial charge is 0.351 e. The van der Waals surface area contributed by atoms with Crippen molar-refractivity contribution in [2.24, 2.45) is 5.73 Å². The van der Waals surface area contributed by atoms with Crippen molar-refractivity contribution in [3.8, 4) is 0 Å². The van der Waals surface area contributed by atoms with E-state index in [0.29, 0.717) is 6.54 Å². The standard InChI is InChI=1S/C17H18N2O3S/c1-23(21,22)14-8-6-13(7-9-14)16-15-5-3-2-4-12(15)10-11-19(16)17(18)20/h2-9,16H,10-11H2,1H3,(H2,18,20)/t16-/m0/s1. The number of urea groups is 1. The first-order valence-electron chi connectivity index (χ1n) is 7.32. The second kappa shape index (κ2) is 5.70. The van der Waals surface area contributed by atoms with E-state index in [1.807, 2.05) is 24.3 Å². The summed E-state index contributed by atoms with van der Waals surface area (Å²) in [5.41, 5.74) is 8.61. The molecular weight excluding hydrogens is 312 g/mol. The molecule has 5 nitrogen and oxygen atoms in total. The SMILES string of the molecule is CS(=O)(=O)c1ccc([C@H]2c3ccccc3CCN2C(N)=O)cc1. The molecule has 0 spiro atoms. The van der Waals surface area contributed by atoms with Crippen molar-refractivity contribution < 1.29 is 13.2 Å². The minimum absolute atomic E-state index is 0.260. The van der Waals surface area contributed by atoms with Gasteiger partial charge in [-0.2, -0.15) is 0 Å². The summed E-state index contributed by atoms with van der Waals surface area (Å²) < 4.78 is 23.2. The van der Waals surface area contributed by atoms with Gasteiger partial charge in [0.1, 0.15) is 0 Å². The average Bonchev–Trinajstić information content (AvgIpc) is 2.53. The number of amides is 2. The summed E-state index contributed by atoms with van der Waals surface area (Å²) in [6, 6.07) is 13.8. The number of nitrogens with zero attached hydrogens (tertiary/aromatic N) is 1. The van der Waals surface area contributed by atoms with Crippen molar-refractivity contribution in [3.63, 3.8) is 0 Å². The molecule has 1 heterocycles. The highest BCUT2D eigenvalue weighted by molar-refractivity contribution is 7.90. The number of rotatable bonds is 2. The van der Waals surface area contributed by atoms with Gasteiger partial charge in [-0.15, -0.1) is 0 Å². The lowest BCUT2D eigenvalue weighted by Crippen LogP contribution is -2.43. The maximum Gasteiger partial charge on any atom is 0.315 e. The van der Waals surface area contributed by atoms with Crippen LogP contribution in [0.2, 0.25) is 0 Å². The zero-order valence-corrected chi connectivity index (χ0v) is 13.6. The van der Waals surface area contributed by atoms with E-state index in [9.17, 15) is 13.2 Å². The molecule has 2 aromatic carbocycles. The Bertz CT molecular complexity index is 844. The van der Waals surface area contributed by atoms with E-state index in [2.05, 4.69) is 0 Å². The second-order valence-electron chi connectivity index (χ2n) is 5.72. The molecule has 23 heavy (non-hydrogen) atoms. The Morgan fingerprint density at radius 3 is 2.39 bits per heavy atom. The molecule has 0 aliphatic carbocycles. The summed E-state index contributed by atoms with van der Waals surface area (Å²) in [4.78, 5) is 13.7. The molecule has 1 atom stereocenters. The lowest BCUT2D eigenvalue weighted by atomic mass is 9.88. The molecule has 0 saturated heterocycles. The number of hydrogen-bond donors (Lipinski definition) is 1. The summed E-state index contributed by atoms with van der Waals surface area (Å²) in [6.45, 7) is 0.546. The van der Waals surface area contributed by atoms with Crippen LogP contribution in [-0.4, -0.2) is 32.1 Å². The van der Waals surface area contributed by atoms with Gasteiger partial charge in [0.2, 0.25) is 0 Å². The van der Waals surface area contributed by atoms with Crippen molar-refractivity contribution in [1.82, 2.24) is 4.90 Å². The molecule has 0 aromatic heterocycles. The molecule has 1 aliphatic rings. The first-order chi connectivity index (χ1) is 10.9. The van der Waals surface area contributed by atoms with Crippen LogP contribution >= 0.6 is 0 Å². The van der Waals surface area contributed by atoms with Crippen molar-refractivity contribution in [2.45, 2.75) is 17.4 Å². The van der Waals surface area contributed by atoms with Gasteiger partial charge < -0.3 is 10.6 Å². The van der Waals surface area contributed by atoms with E-state index in [4.69, 9.17) is 5.73 Å². The monoisotopic (exact) mass is 330 g/mol. The predicted molar refractivity (Wildman–Crippen MR) is 87.8 cm³/mol. The quantitative estimate of drug-likeness (QED) is 0.916. The number of primary amides is 1. The highest BCUT2D eigenvalue weighted by atomic mass is 32.2. The van der Waals surface area contributed by atoms with E-state index in [1.165, 1.54) is 11.8 Å². The molecule has 0 unspecified atom stereocenters. The van der Waals surface area contributed by atoms with Gasteiger partial charge in [0.05, 0.1) is 10.9 Å². The summed E-state index contributed by atoms with van der Waals surface area (Å²) in [6.07, 6.45) is 1.94. The average molecular weight is 330 g/mol. The molecule has 3 rings (SSSR count). The summed E-state index contributed by atoms with van der Waals surface area (Å²) in [5.74, 6) is 0. The number of hydrogen-bond acceptors (Lipinski definition) is 3. The Hall–Kier alpha value is -2.34. The van der Waals surface area contributed by atoms with Crippen molar-refractivity contribution >= 4 is 15.9 Å². The molecule has 0 saturated carbocycles. The fourth-order valence-corrected chi connectivity index (χ4v) is 3.69. The maximum atomic E-state index is 11.8. The summed E-state index contributed by atoms with van der Waals surface area (Å²) >= 11 is 0. The third-order valence-corrected chi connectivity index (χ3v) is 5.32. The van der Waals surface area contributed by atoms with Gasteiger partial charge in [0, 0.05) is 12.8 Å². The Labute approximate surface area is 135 Å². The highest BCUT2D eigenvalue weighted by Crippen LogP contribution is 2.35. The fraction of sp³-hybridized carbons (Fsp3) is 0.235. The van der Waals surface area contributed by atoms with E-state index >= 15 is 0 Å². The Morgan fingerprint density at radius 2 is 1.78 bits per heavy atom. The number of carbonyl (C=O) groups is 1. The minimum Gasteiger partial charge on any atom is -0.351 e. The fourth-order valence-electron chi connectivity index (χ4n) is 3.06. The third-order valence-electron chi connectivity index (χ3n) is 4.19. The van der Waals surface area contributed by atoms with E-state index < -0.39 is 15.9 Å². The second-order valence-corrected chi connectivity index (χ2v) is 7.74. The van der Waals surface area contributed by atoms with Crippen LogP contribution < -0.4 is 5.73 Å². The molecule has 0 bridgehead atoms. The van der Waals surface area contributed by atoms with Gasteiger partial charge in [0.25, 0.3) is 0 Å². The minimum atomic E-state index is -3.25. The topological polar surface area (TPSA) is 80.5 Å². The molecular formula is C17H18N2O3S. The number of fused-ring (bicyclic) bond motifs is 1. The Balaban J connectivity index is 2.09. The predicted octanol–water partition coefficient (Wildman–Crippen LogP) is 2.12. The molecule has 2 N–H and O–H groups in total. The van der Waals surface area contributed by atoms with Crippen molar-refractivity contribution in [2.75, 3.05) is 12.8 Å². The Morgan fingerprint density at radius 1 is 1.13 bits per heavy atom. The number of benzene rings is 2. The molecule has 2 aromatic rings. The first-order valence-corrected chi connectivity index (χ1v) is 9.21. The van der Waals surface area contributed by atoms with Crippen LogP contribution in [0.3, 0.4) is 0 Å². The van der Waals surface area contributed by atoms with Gasteiger partial charge in [0.15, 0.2) is 9.84 Å². The van der Waals surface area contributed by atoms with Crippen LogP contribution in [0.5, 0.6) is 0 Å². The van der Waals surface area contributed by atoms with Crippen molar-refractivity contribution in [1.29, 1.82) is 0 Å². The smallest absolute Gasteiger partial charge is 0.315 e. The molecule has 1 aliphatic heterocycles. The number of carbonyl (C=O) groups excluding carboxylic acids is 1. The van der Waals surface area contributed by atoms with Gasteiger partial charge >= 0.3 is 6.03 Å². The van der Waals surface area contributed by atoms with E-state index in [-0.39, 0.29) is 10.9 Å². The zero-order chi connectivity index (χ0) is 16.6. The molecule has 120 valence electrons. The van der Waals surface area contributed by atoms with Crippen LogP contribution in [0.1, 0.15) is 22.7 Å². The van der Waals surface area contributed by atoms with Gasteiger partial charge in [-0.25, -0.2) is 13.2 Å². The number of sulfone groups is 1. The van der Waals surface area contributed by atoms with E-state index in [0.717, 1.165) is 17.5 Å².